The highest BCUT2D eigenvalue weighted by atomic mass is 32.2. The van der Waals surface area contributed by atoms with Crippen LogP contribution in [0.25, 0.3) is 0 Å². The van der Waals surface area contributed by atoms with E-state index in [0.717, 1.165) is 10.4 Å². The van der Waals surface area contributed by atoms with Crippen molar-refractivity contribution in [2.24, 2.45) is 0 Å². The summed E-state index contributed by atoms with van der Waals surface area (Å²) in [6, 6.07) is 2.08. The van der Waals surface area contributed by atoms with Crippen molar-refractivity contribution >= 4 is 21.4 Å². The third-order valence-corrected chi connectivity index (χ3v) is 5.11. The Hall–Kier alpha value is -1.22. The summed E-state index contributed by atoms with van der Waals surface area (Å²) in [7, 11) is -3.46. The van der Waals surface area contributed by atoms with Crippen molar-refractivity contribution in [1.29, 1.82) is 0 Å². The molecule has 6 nitrogen and oxygen atoms in total. The van der Waals surface area contributed by atoms with Gasteiger partial charge >= 0.3 is 0 Å². The van der Waals surface area contributed by atoms with Gasteiger partial charge in [-0.3, -0.25) is 5.10 Å². The van der Waals surface area contributed by atoms with Crippen LogP contribution in [0.15, 0.2) is 28.7 Å². The van der Waals surface area contributed by atoms with Gasteiger partial charge in [-0.05, 0) is 6.07 Å². The first-order chi connectivity index (χ1) is 9.47. The Morgan fingerprint density at radius 2 is 2.20 bits per heavy atom. The van der Waals surface area contributed by atoms with Gasteiger partial charge in [0, 0.05) is 41.1 Å². The van der Waals surface area contributed by atoms with E-state index in [4.69, 9.17) is 0 Å². The highest BCUT2D eigenvalue weighted by Crippen LogP contribution is 2.19. The average Bonchev–Trinajstić information content (AvgIpc) is 3.05. The maximum absolute atomic E-state index is 12.1. The number of nitrogens with zero attached hydrogens (tertiary/aromatic N) is 1. The summed E-state index contributed by atoms with van der Waals surface area (Å²) < 4.78 is 26.8. The van der Waals surface area contributed by atoms with Gasteiger partial charge in [-0.1, -0.05) is 13.8 Å². The number of thiophene rings is 1. The van der Waals surface area contributed by atoms with Crippen molar-refractivity contribution in [2.75, 3.05) is 0 Å². The molecule has 8 heteroatoms. The molecule has 0 saturated heterocycles. The van der Waals surface area contributed by atoms with Crippen molar-refractivity contribution in [3.05, 3.63) is 34.3 Å². The summed E-state index contributed by atoms with van der Waals surface area (Å²) in [5.41, 5.74) is 0.797. The molecule has 0 radical (unpaired) electrons. The molecule has 0 unspecified atom stereocenters. The Morgan fingerprint density at radius 1 is 1.40 bits per heavy atom. The molecule has 2 rings (SSSR count). The maximum atomic E-state index is 12.1. The molecule has 0 atom stereocenters. The van der Waals surface area contributed by atoms with Crippen molar-refractivity contribution < 1.29 is 8.42 Å². The standard InChI is InChI=1S/C12H18N4O2S2/c1-9(2)13-7-11-3-12(8-19-11)20(17,18)16-6-10-4-14-15-5-10/h3-5,8-9,13,16H,6-7H2,1-2H3,(H,14,15). The molecule has 0 bridgehead atoms. The molecule has 0 spiro atoms. The second-order valence-corrected chi connectivity index (χ2v) is 7.48. The third-order valence-electron chi connectivity index (χ3n) is 2.65. The van der Waals surface area contributed by atoms with E-state index in [1.54, 1.807) is 23.8 Å². The number of rotatable bonds is 7. The number of sulfonamides is 1. The molecule has 2 aromatic rings. The van der Waals surface area contributed by atoms with Gasteiger partial charge < -0.3 is 5.32 Å². The van der Waals surface area contributed by atoms with Gasteiger partial charge in [0.2, 0.25) is 10.0 Å². The highest BCUT2D eigenvalue weighted by molar-refractivity contribution is 7.89. The van der Waals surface area contributed by atoms with E-state index in [1.165, 1.54) is 11.3 Å². The molecular formula is C12H18N4O2S2. The summed E-state index contributed by atoms with van der Waals surface area (Å²) in [5.74, 6) is 0. The first kappa shape index (κ1) is 15.2. The smallest absolute Gasteiger partial charge is 0.241 e. The third kappa shape index (κ3) is 4.14. The van der Waals surface area contributed by atoms with Crippen molar-refractivity contribution in [3.8, 4) is 0 Å². The van der Waals surface area contributed by atoms with Crippen LogP contribution in [0.5, 0.6) is 0 Å². The number of aromatic amines is 1. The van der Waals surface area contributed by atoms with Crippen LogP contribution in [-0.4, -0.2) is 24.7 Å². The van der Waals surface area contributed by atoms with Crippen LogP contribution in [0.3, 0.4) is 0 Å². The summed E-state index contributed by atoms with van der Waals surface area (Å²) in [6.07, 6.45) is 3.25. The molecule has 0 aliphatic carbocycles. The number of H-pyrrole nitrogens is 1. The summed E-state index contributed by atoms with van der Waals surface area (Å²) >= 11 is 1.44. The number of aromatic nitrogens is 2. The van der Waals surface area contributed by atoms with Gasteiger partial charge in [-0.25, -0.2) is 13.1 Å². The lowest BCUT2D eigenvalue weighted by molar-refractivity contribution is 0.581. The lowest BCUT2D eigenvalue weighted by Gasteiger charge is -2.05. The van der Waals surface area contributed by atoms with Crippen LogP contribution < -0.4 is 10.0 Å². The van der Waals surface area contributed by atoms with E-state index in [-0.39, 0.29) is 6.54 Å². The molecule has 0 aliphatic heterocycles. The number of hydrogen-bond donors (Lipinski definition) is 3. The second kappa shape index (κ2) is 6.49. The molecule has 0 aliphatic rings. The van der Waals surface area contributed by atoms with Crippen LogP contribution in [-0.2, 0) is 23.1 Å². The van der Waals surface area contributed by atoms with Gasteiger partial charge in [0.05, 0.1) is 11.1 Å². The van der Waals surface area contributed by atoms with Crippen LogP contribution in [0.1, 0.15) is 24.3 Å². The SMILES string of the molecule is CC(C)NCc1cc(S(=O)(=O)NCc2cn[nH]c2)cs1. The molecule has 0 fully saturated rings. The van der Waals surface area contributed by atoms with Crippen LogP contribution >= 0.6 is 11.3 Å². The predicted molar refractivity (Wildman–Crippen MR) is 78.9 cm³/mol. The normalized spacial score (nSPS) is 12.2. The van der Waals surface area contributed by atoms with E-state index in [0.29, 0.717) is 17.5 Å². The lowest BCUT2D eigenvalue weighted by Crippen LogP contribution is -2.23. The Bertz CT molecular complexity index is 632. The van der Waals surface area contributed by atoms with Gasteiger partial charge in [0.15, 0.2) is 0 Å². The number of hydrogen-bond acceptors (Lipinski definition) is 5. The fourth-order valence-electron chi connectivity index (χ4n) is 1.53. The largest absolute Gasteiger partial charge is 0.310 e. The van der Waals surface area contributed by atoms with Crippen molar-refractivity contribution in [2.45, 2.75) is 37.9 Å². The first-order valence-corrected chi connectivity index (χ1v) is 8.62. The van der Waals surface area contributed by atoms with Crippen LogP contribution in [0.2, 0.25) is 0 Å². The predicted octanol–water partition coefficient (Wildman–Crippen LogP) is 1.45. The summed E-state index contributed by atoms with van der Waals surface area (Å²) in [5, 5.41) is 11.3. The molecule has 0 amide bonds. The molecule has 0 saturated carbocycles. The zero-order valence-electron chi connectivity index (χ0n) is 11.4. The summed E-state index contributed by atoms with van der Waals surface area (Å²) in [6.45, 7) is 5.02. The minimum absolute atomic E-state index is 0.230. The van der Waals surface area contributed by atoms with Crippen LogP contribution in [0.4, 0.5) is 0 Å². The fraction of sp³-hybridized carbons (Fsp3) is 0.417. The minimum atomic E-state index is -3.46. The molecule has 2 aromatic heterocycles. The van der Waals surface area contributed by atoms with E-state index in [9.17, 15) is 8.42 Å². The Labute approximate surface area is 122 Å². The van der Waals surface area contributed by atoms with Gasteiger partial charge in [0.25, 0.3) is 0 Å². The zero-order chi connectivity index (χ0) is 14.6. The van der Waals surface area contributed by atoms with Crippen molar-refractivity contribution in [3.63, 3.8) is 0 Å². The monoisotopic (exact) mass is 314 g/mol. The van der Waals surface area contributed by atoms with Crippen LogP contribution in [0, 0.1) is 0 Å². The molecular weight excluding hydrogens is 296 g/mol. The molecule has 20 heavy (non-hydrogen) atoms. The Morgan fingerprint density at radius 3 is 2.85 bits per heavy atom. The Balaban J connectivity index is 1.98. The summed E-state index contributed by atoms with van der Waals surface area (Å²) in [4.78, 5) is 1.31. The minimum Gasteiger partial charge on any atom is -0.310 e. The Kier molecular flexibility index (Phi) is 4.92. The van der Waals surface area contributed by atoms with E-state index in [2.05, 4.69) is 34.1 Å². The number of nitrogens with one attached hydrogen (secondary N) is 3. The average molecular weight is 314 g/mol. The van der Waals surface area contributed by atoms with Gasteiger partial charge in [-0.2, -0.15) is 5.10 Å². The fourth-order valence-corrected chi connectivity index (χ4v) is 3.78. The topological polar surface area (TPSA) is 86.9 Å². The second-order valence-electron chi connectivity index (χ2n) is 4.72. The molecule has 110 valence electrons. The first-order valence-electron chi connectivity index (χ1n) is 6.25. The maximum Gasteiger partial charge on any atom is 0.241 e. The van der Waals surface area contributed by atoms with E-state index < -0.39 is 10.0 Å². The van der Waals surface area contributed by atoms with Gasteiger partial charge in [0.1, 0.15) is 0 Å². The molecule has 3 N–H and O–H groups in total. The molecule has 0 aromatic carbocycles. The van der Waals surface area contributed by atoms with Crippen molar-refractivity contribution in [1.82, 2.24) is 20.2 Å². The lowest BCUT2D eigenvalue weighted by atomic mass is 10.4. The van der Waals surface area contributed by atoms with E-state index >= 15 is 0 Å². The van der Waals surface area contributed by atoms with Gasteiger partial charge in [-0.15, -0.1) is 11.3 Å². The highest BCUT2D eigenvalue weighted by Gasteiger charge is 2.16. The molecule has 2 heterocycles. The zero-order valence-corrected chi connectivity index (χ0v) is 13.0. The quantitative estimate of drug-likeness (QED) is 0.722. The van der Waals surface area contributed by atoms with E-state index in [1.807, 2.05) is 0 Å².